The van der Waals surface area contributed by atoms with E-state index in [0.29, 0.717) is 0 Å². The zero-order valence-corrected chi connectivity index (χ0v) is 11.4. The first-order valence-corrected chi connectivity index (χ1v) is 6.38. The van der Waals surface area contributed by atoms with Gasteiger partial charge in [0.15, 0.2) is 6.29 Å². The summed E-state index contributed by atoms with van der Waals surface area (Å²) in [6, 6.07) is 1.92. The van der Waals surface area contributed by atoms with E-state index in [1.165, 1.54) is 28.4 Å². The fourth-order valence-electron chi connectivity index (χ4n) is 0.682. The van der Waals surface area contributed by atoms with E-state index < -0.39 is 23.5 Å². The van der Waals surface area contributed by atoms with Crippen molar-refractivity contribution in [1.82, 2.24) is 0 Å². The first kappa shape index (κ1) is 16.1. The SMILES string of the molecule is COP(OC)OC(CC#N)OP(OC)OC. The van der Waals surface area contributed by atoms with Gasteiger partial charge in [-0.25, -0.2) is 0 Å². The standard InChI is InChI=1S/C7H15NO6P2/c1-9-15(10-2)13-7(5-6-8)14-16(11-3)12-4/h7H,5H2,1-4H3. The Kier molecular flexibility index (Phi) is 10.3. The molecule has 0 saturated carbocycles. The molecule has 0 aliphatic carbocycles. The van der Waals surface area contributed by atoms with E-state index in [-0.39, 0.29) is 6.42 Å². The largest absolute Gasteiger partial charge is 0.334 e. The van der Waals surface area contributed by atoms with Crippen LogP contribution in [-0.4, -0.2) is 34.7 Å². The molecule has 94 valence electrons. The Bertz CT molecular complexity index is 192. The van der Waals surface area contributed by atoms with Gasteiger partial charge >= 0.3 is 17.2 Å². The van der Waals surface area contributed by atoms with E-state index in [2.05, 4.69) is 0 Å². The molecule has 7 nitrogen and oxygen atoms in total. The van der Waals surface area contributed by atoms with Gasteiger partial charge in [-0.2, -0.15) is 5.26 Å². The maximum Gasteiger partial charge on any atom is 0.334 e. The summed E-state index contributed by atoms with van der Waals surface area (Å²) in [5.41, 5.74) is 0. The van der Waals surface area contributed by atoms with Crippen molar-refractivity contribution >= 4 is 17.2 Å². The predicted octanol–water partition coefficient (Wildman–Crippen LogP) is 2.30. The van der Waals surface area contributed by atoms with Gasteiger partial charge in [0.05, 0.1) is 12.5 Å². The van der Waals surface area contributed by atoms with Crippen molar-refractivity contribution in [2.24, 2.45) is 0 Å². The molecule has 0 aliphatic rings. The molecule has 0 radical (unpaired) electrons. The minimum atomic E-state index is -1.52. The minimum Gasteiger partial charge on any atom is -0.316 e. The van der Waals surface area contributed by atoms with Crippen molar-refractivity contribution in [2.75, 3.05) is 28.4 Å². The average molecular weight is 271 g/mol. The Hall–Kier alpha value is 0.110. The van der Waals surface area contributed by atoms with Gasteiger partial charge in [-0.1, -0.05) is 0 Å². The van der Waals surface area contributed by atoms with E-state index in [9.17, 15) is 0 Å². The minimum absolute atomic E-state index is 0.0249. The molecule has 0 spiro atoms. The molecule has 0 aliphatic heterocycles. The van der Waals surface area contributed by atoms with Crippen LogP contribution in [0.4, 0.5) is 0 Å². The lowest BCUT2D eigenvalue weighted by Crippen LogP contribution is -2.13. The first-order valence-electron chi connectivity index (χ1n) is 4.19. The van der Waals surface area contributed by atoms with Crippen molar-refractivity contribution in [2.45, 2.75) is 12.7 Å². The monoisotopic (exact) mass is 271 g/mol. The lowest BCUT2D eigenvalue weighted by atomic mass is 10.5. The van der Waals surface area contributed by atoms with E-state index in [4.69, 9.17) is 32.4 Å². The molecule has 0 unspecified atom stereocenters. The zero-order valence-electron chi connectivity index (χ0n) is 9.58. The van der Waals surface area contributed by atoms with E-state index in [0.717, 1.165) is 0 Å². The molecule has 0 fully saturated rings. The summed E-state index contributed by atoms with van der Waals surface area (Å²) in [6.07, 6.45) is -0.779. The number of nitrogens with zero attached hydrogens (tertiary/aromatic N) is 1. The fourth-order valence-corrected chi connectivity index (χ4v) is 2.01. The number of rotatable bonds is 9. The van der Waals surface area contributed by atoms with Gasteiger partial charge in [0.2, 0.25) is 0 Å². The average Bonchev–Trinajstić information content (AvgIpc) is 2.32. The van der Waals surface area contributed by atoms with Crippen molar-refractivity contribution in [3.8, 4) is 6.07 Å². The highest BCUT2D eigenvalue weighted by Crippen LogP contribution is 2.45. The number of nitriles is 1. The van der Waals surface area contributed by atoms with Crippen molar-refractivity contribution in [3.63, 3.8) is 0 Å². The second kappa shape index (κ2) is 10.3. The van der Waals surface area contributed by atoms with Gasteiger partial charge in [-0.05, 0) is 0 Å². The second-order valence-electron chi connectivity index (χ2n) is 2.18. The molecule has 0 bridgehead atoms. The van der Waals surface area contributed by atoms with Crippen LogP contribution in [0.5, 0.6) is 0 Å². The molecule has 0 heterocycles. The van der Waals surface area contributed by atoms with Crippen LogP contribution < -0.4 is 0 Å². The molecule has 0 saturated heterocycles. The summed E-state index contributed by atoms with van der Waals surface area (Å²) in [5.74, 6) is 0. The van der Waals surface area contributed by atoms with Gasteiger partial charge < -0.3 is 18.1 Å². The van der Waals surface area contributed by atoms with Crippen LogP contribution in [0.25, 0.3) is 0 Å². The van der Waals surface area contributed by atoms with Crippen LogP contribution in [0, 0.1) is 11.3 Å². The Morgan fingerprint density at radius 3 is 1.56 bits per heavy atom. The highest BCUT2D eigenvalue weighted by Gasteiger charge is 2.23. The third kappa shape index (κ3) is 6.64. The quantitative estimate of drug-likeness (QED) is 0.470. The highest BCUT2D eigenvalue weighted by atomic mass is 31.2. The molecular weight excluding hydrogens is 256 g/mol. The lowest BCUT2D eigenvalue weighted by molar-refractivity contribution is -0.0166. The van der Waals surface area contributed by atoms with Crippen LogP contribution in [0.15, 0.2) is 0 Å². The van der Waals surface area contributed by atoms with E-state index >= 15 is 0 Å². The van der Waals surface area contributed by atoms with Gasteiger partial charge in [-0.15, -0.1) is 0 Å². The topological polar surface area (TPSA) is 79.2 Å². The van der Waals surface area contributed by atoms with Crippen LogP contribution in [0.1, 0.15) is 6.42 Å². The van der Waals surface area contributed by atoms with Crippen molar-refractivity contribution in [3.05, 3.63) is 0 Å². The summed E-state index contributed by atoms with van der Waals surface area (Å²) >= 11 is 0. The smallest absolute Gasteiger partial charge is 0.316 e. The highest BCUT2D eigenvalue weighted by molar-refractivity contribution is 7.42. The summed E-state index contributed by atoms with van der Waals surface area (Å²) in [6.45, 7) is 0. The van der Waals surface area contributed by atoms with Crippen LogP contribution in [-0.2, 0) is 27.1 Å². The molecule has 0 aromatic rings. The summed E-state index contributed by atoms with van der Waals surface area (Å²) < 4.78 is 30.0. The Morgan fingerprint density at radius 2 is 1.31 bits per heavy atom. The van der Waals surface area contributed by atoms with Crippen LogP contribution in [0.3, 0.4) is 0 Å². The third-order valence-electron chi connectivity index (χ3n) is 1.26. The predicted molar refractivity (Wildman–Crippen MR) is 58.1 cm³/mol. The maximum absolute atomic E-state index is 8.59. The van der Waals surface area contributed by atoms with Gasteiger partial charge in [0.1, 0.15) is 0 Å². The maximum atomic E-state index is 8.59. The molecule has 0 aromatic heterocycles. The fraction of sp³-hybridized carbons (Fsp3) is 0.857. The molecule has 0 amide bonds. The summed E-state index contributed by atoms with van der Waals surface area (Å²) in [5, 5.41) is 8.59. The molecule has 0 N–H and O–H groups in total. The second-order valence-corrected chi connectivity index (χ2v) is 4.96. The Morgan fingerprint density at radius 1 is 0.938 bits per heavy atom. The van der Waals surface area contributed by atoms with Gasteiger partial charge in [-0.3, -0.25) is 9.05 Å². The number of hydrogen-bond acceptors (Lipinski definition) is 7. The van der Waals surface area contributed by atoms with Crippen molar-refractivity contribution < 1.29 is 27.1 Å². The summed E-state index contributed by atoms with van der Waals surface area (Å²) in [4.78, 5) is 0. The molecule has 0 rings (SSSR count). The normalized spacial score (nSPS) is 11.4. The zero-order chi connectivity index (χ0) is 12.4. The molecule has 9 heteroatoms. The van der Waals surface area contributed by atoms with Gasteiger partial charge in [0.25, 0.3) is 0 Å². The molecular formula is C7H15NO6P2. The summed E-state index contributed by atoms with van der Waals surface area (Å²) in [7, 11) is 2.71. The third-order valence-corrected chi connectivity index (χ3v) is 3.27. The van der Waals surface area contributed by atoms with Crippen LogP contribution in [0.2, 0.25) is 0 Å². The number of hydrogen-bond donors (Lipinski definition) is 0. The first-order chi connectivity index (χ1) is 7.71. The van der Waals surface area contributed by atoms with Crippen molar-refractivity contribution in [1.29, 1.82) is 5.26 Å². The molecule has 0 atom stereocenters. The Labute approximate surface area is 97.5 Å². The molecule has 0 aromatic carbocycles. The van der Waals surface area contributed by atoms with Crippen LogP contribution >= 0.6 is 17.2 Å². The lowest BCUT2D eigenvalue weighted by Gasteiger charge is -2.21. The van der Waals surface area contributed by atoms with E-state index in [1.807, 2.05) is 6.07 Å². The van der Waals surface area contributed by atoms with E-state index in [1.54, 1.807) is 0 Å². The Balaban J connectivity index is 4.20. The molecule has 16 heavy (non-hydrogen) atoms. The van der Waals surface area contributed by atoms with Gasteiger partial charge in [0, 0.05) is 28.4 Å².